The Balaban J connectivity index is 1.10. The van der Waals surface area contributed by atoms with Crippen LogP contribution in [0.5, 0.6) is 5.75 Å². The molecule has 1 aliphatic carbocycles. The van der Waals surface area contributed by atoms with Crippen LogP contribution in [0.25, 0.3) is 10.9 Å². The molecule has 1 saturated heterocycles. The Morgan fingerprint density at radius 3 is 2.59 bits per heavy atom. The fourth-order valence-corrected chi connectivity index (χ4v) is 6.14. The number of likely N-dealkylation sites (tertiary alicyclic amines) is 1. The van der Waals surface area contributed by atoms with Gasteiger partial charge in [-0.25, -0.2) is 0 Å². The van der Waals surface area contributed by atoms with Gasteiger partial charge in [0.15, 0.2) is 0 Å². The van der Waals surface area contributed by atoms with E-state index >= 15 is 0 Å². The summed E-state index contributed by atoms with van der Waals surface area (Å²) in [4.78, 5) is 22.2. The number of piperidine rings is 1. The lowest BCUT2D eigenvalue weighted by molar-refractivity contribution is -0.140. The molecule has 2 heterocycles. The number of carbonyl (C=O) groups is 1. The zero-order chi connectivity index (χ0) is 25.5. The first-order chi connectivity index (χ1) is 18.2. The third kappa shape index (κ3) is 6.70. The normalized spacial score (nSPS) is 18.9. The molecule has 0 bridgehead atoms. The van der Waals surface area contributed by atoms with Crippen LogP contribution < -0.4 is 4.74 Å². The molecule has 196 valence electrons. The maximum atomic E-state index is 13.2. The Morgan fingerprint density at radius 1 is 0.946 bits per heavy atom. The van der Waals surface area contributed by atoms with Crippen LogP contribution in [0.2, 0.25) is 0 Å². The van der Waals surface area contributed by atoms with E-state index in [1.54, 1.807) is 0 Å². The van der Waals surface area contributed by atoms with Crippen LogP contribution in [0, 0.1) is 5.92 Å². The van der Waals surface area contributed by atoms with Gasteiger partial charge in [0.05, 0.1) is 12.1 Å². The maximum absolute atomic E-state index is 13.2. The van der Waals surface area contributed by atoms with Crippen molar-refractivity contribution in [3.8, 4) is 5.75 Å². The molecule has 0 unspecified atom stereocenters. The Hall–Kier alpha value is -2.92. The topological polar surface area (TPSA) is 45.7 Å². The fourth-order valence-electron chi connectivity index (χ4n) is 6.14. The lowest BCUT2D eigenvalue weighted by Gasteiger charge is -2.38. The van der Waals surface area contributed by atoms with Crippen molar-refractivity contribution in [3.05, 3.63) is 71.9 Å². The van der Waals surface area contributed by atoms with Crippen molar-refractivity contribution in [2.45, 2.75) is 76.9 Å². The highest BCUT2D eigenvalue weighted by Gasteiger charge is 2.32. The van der Waals surface area contributed by atoms with Crippen molar-refractivity contribution in [1.82, 2.24) is 14.8 Å². The van der Waals surface area contributed by atoms with Gasteiger partial charge in [-0.1, -0.05) is 49.6 Å². The first kappa shape index (κ1) is 25.7. The average molecular weight is 500 g/mol. The van der Waals surface area contributed by atoms with Crippen molar-refractivity contribution in [3.63, 3.8) is 0 Å². The molecule has 37 heavy (non-hydrogen) atoms. The summed E-state index contributed by atoms with van der Waals surface area (Å²) in [7, 11) is 2.16. The number of carbonyl (C=O) groups excluding carboxylic acids is 1. The van der Waals surface area contributed by atoms with Crippen molar-refractivity contribution >= 4 is 16.8 Å². The Labute approximate surface area is 221 Å². The van der Waals surface area contributed by atoms with Crippen LogP contribution in [-0.2, 0) is 17.9 Å². The highest BCUT2D eigenvalue weighted by Crippen LogP contribution is 2.29. The quantitative estimate of drug-likeness (QED) is 0.333. The van der Waals surface area contributed by atoms with E-state index in [1.807, 2.05) is 12.3 Å². The molecule has 0 spiro atoms. The highest BCUT2D eigenvalue weighted by molar-refractivity contribution is 5.82. The van der Waals surface area contributed by atoms with Crippen molar-refractivity contribution in [2.75, 3.05) is 20.2 Å². The molecule has 2 aromatic carbocycles. The zero-order valence-corrected chi connectivity index (χ0v) is 22.3. The molecule has 1 aliphatic heterocycles. The Bertz CT molecular complexity index is 1150. The van der Waals surface area contributed by atoms with Gasteiger partial charge in [-0.05, 0) is 74.5 Å². The van der Waals surface area contributed by atoms with Crippen LogP contribution in [-0.4, -0.2) is 46.9 Å². The number of aromatic nitrogens is 1. The molecule has 3 aromatic rings. The molecule has 2 aliphatic rings. The second kappa shape index (κ2) is 12.6. The summed E-state index contributed by atoms with van der Waals surface area (Å²) in [6, 6.07) is 19.3. The van der Waals surface area contributed by atoms with Gasteiger partial charge >= 0.3 is 0 Å². The molecular formula is C32H41N3O2. The number of rotatable bonds is 9. The molecular weight excluding hydrogens is 458 g/mol. The SMILES string of the molecule is CN(Cc1ccc(OCC[C@H]2CCCCN2C(=O)C2CCCCC2)cc1)Cc1cccc2ncccc12. The molecule has 5 nitrogen and oxygen atoms in total. The van der Waals surface area contributed by atoms with E-state index in [-0.39, 0.29) is 5.92 Å². The molecule has 1 amide bonds. The minimum Gasteiger partial charge on any atom is -0.494 e. The third-order valence-electron chi connectivity index (χ3n) is 8.14. The lowest BCUT2D eigenvalue weighted by Crippen LogP contribution is -2.47. The highest BCUT2D eigenvalue weighted by atomic mass is 16.5. The van der Waals surface area contributed by atoms with E-state index in [4.69, 9.17) is 4.74 Å². The largest absolute Gasteiger partial charge is 0.494 e. The summed E-state index contributed by atoms with van der Waals surface area (Å²) >= 11 is 0. The standard InChI is InChI=1S/C32H41N3O2/c1-34(24-27-11-7-14-31-30(27)13-8-20-33-31)23-25-15-17-29(18-16-25)37-22-19-28-12-5-6-21-35(28)32(36)26-9-3-2-4-10-26/h7-8,11,13-18,20,26,28H,2-6,9-10,12,19,21-24H2,1H3/t28-/m1/s1. The van der Waals surface area contributed by atoms with Gasteiger partial charge < -0.3 is 9.64 Å². The number of pyridine rings is 1. The Kier molecular flexibility index (Phi) is 8.72. The van der Waals surface area contributed by atoms with Crippen LogP contribution in [0.15, 0.2) is 60.8 Å². The molecule has 0 N–H and O–H groups in total. The van der Waals surface area contributed by atoms with Gasteiger partial charge in [0.1, 0.15) is 5.75 Å². The zero-order valence-electron chi connectivity index (χ0n) is 22.3. The van der Waals surface area contributed by atoms with Crippen LogP contribution >= 0.6 is 0 Å². The predicted octanol–water partition coefficient (Wildman–Crippen LogP) is 6.60. The van der Waals surface area contributed by atoms with Gasteiger partial charge in [0.2, 0.25) is 5.91 Å². The van der Waals surface area contributed by atoms with E-state index in [9.17, 15) is 4.79 Å². The first-order valence-corrected chi connectivity index (χ1v) is 14.2. The van der Waals surface area contributed by atoms with E-state index in [0.29, 0.717) is 18.6 Å². The molecule has 2 fully saturated rings. The first-order valence-electron chi connectivity index (χ1n) is 14.2. The number of ether oxygens (including phenoxy) is 1. The minimum atomic E-state index is 0.262. The van der Waals surface area contributed by atoms with Crippen molar-refractivity contribution in [1.29, 1.82) is 0 Å². The van der Waals surface area contributed by atoms with Gasteiger partial charge in [0, 0.05) is 49.6 Å². The maximum Gasteiger partial charge on any atom is 0.225 e. The second-order valence-electron chi connectivity index (χ2n) is 11.0. The third-order valence-corrected chi connectivity index (χ3v) is 8.14. The smallest absolute Gasteiger partial charge is 0.225 e. The van der Waals surface area contributed by atoms with Gasteiger partial charge in [0.25, 0.3) is 0 Å². The average Bonchev–Trinajstić information content (AvgIpc) is 2.94. The van der Waals surface area contributed by atoms with Gasteiger partial charge in [-0.15, -0.1) is 0 Å². The molecule has 1 aromatic heterocycles. The van der Waals surface area contributed by atoms with E-state index in [2.05, 4.69) is 70.4 Å². The summed E-state index contributed by atoms with van der Waals surface area (Å²) in [5.41, 5.74) is 3.61. The van der Waals surface area contributed by atoms with Gasteiger partial charge in [-0.2, -0.15) is 0 Å². The summed E-state index contributed by atoms with van der Waals surface area (Å²) < 4.78 is 6.13. The number of amides is 1. The van der Waals surface area contributed by atoms with E-state index < -0.39 is 0 Å². The van der Waals surface area contributed by atoms with Crippen LogP contribution in [0.1, 0.15) is 68.9 Å². The number of benzene rings is 2. The molecule has 5 heteroatoms. The summed E-state index contributed by atoms with van der Waals surface area (Å²) in [5, 5.41) is 1.22. The lowest BCUT2D eigenvalue weighted by atomic mass is 9.87. The summed E-state index contributed by atoms with van der Waals surface area (Å²) in [6.07, 6.45) is 12.1. The predicted molar refractivity (Wildman–Crippen MR) is 149 cm³/mol. The van der Waals surface area contributed by atoms with Crippen LogP contribution in [0.3, 0.4) is 0 Å². The summed E-state index contributed by atoms with van der Waals surface area (Å²) in [6.45, 7) is 3.33. The number of hydrogen-bond donors (Lipinski definition) is 0. The molecule has 1 saturated carbocycles. The van der Waals surface area contributed by atoms with E-state index in [1.165, 1.54) is 42.2 Å². The fraction of sp³-hybridized carbons (Fsp3) is 0.500. The number of nitrogens with zero attached hydrogens (tertiary/aromatic N) is 3. The second-order valence-corrected chi connectivity index (χ2v) is 11.0. The minimum absolute atomic E-state index is 0.262. The van der Waals surface area contributed by atoms with Gasteiger partial charge in [-0.3, -0.25) is 14.7 Å². The number of fused-ring (bicyclic) bond motifs is 1. The Morgan fingerprint density at radius 2 is 1.76 bits per heavy atom. The monoisotopic (exact) mass is 499 g/mol. The van der Waals surface area contributed by atoms with E-state index in [0.717, 1.165) is 63.0 Å². The number of hydrogen-bond acceptors (Lipinski definition) is 4. The van der Waals surface area contributed by atoms with Crippen LogP contribution in [0.4, 0.5) is 0 Å². The molecule has 1 atom stereocenters. The molecule has 5 rings (SSSR count). The summed E-state index contributed by atoms with van der Waals surface area (Å²) in [5.74, 6) is 1.59. The van der Waals surface area contributed by atoms with Crippen molar-refractivity contribution < 1.29 is 9.53 Å². The van der Waals surface area contributed by atoms with Crippen molar-refractivity contribution in [2.24, 2.45) is 5.92 Å². The molecule has 0 radical (unpaired) electrons.